The monoisotopic (exact) mass is 256 g/mol. The Morgan fingerprint density at radius 1 is 1.31 bits per heavy atom. The van der Waals surface area contributed by atoms with Gasteiger partial charge in [-0.15, -0.1) is 0 Å². The average Bonchev–Trinajstić information content (AvgIpc) is 2.64. The molecule has 0 aliphatic rings. The Hall–Kier alpha value is -1.46. The molecule has 0 bridgehead atoms. The third kappa shape index (κ3) is 2.20. The van der Waals surface area contributed by atoms with Crippen LogP contribution in [0.5, 0.6) is 0 Å². The van der Waals surface area contributed by atoms with E-state index in [1.807, 2.05) is 0 Å². The van der Waals surface area contributed by atoms with Gasteiger partial charge in [-0.1, -0.05) is 23.2 Å². The fourth-order valence-corrected chi connectivity index (χ4v) is 1.52. The second-order valence-electron chi connectivity index (χ2n) is 3.02. The molecule has 82 valence electrons. The number of aromatic nitrogens is 4. The van der Waals surface area contributed by atoms with E-state index in [1.165, 1.54) is 17.7 Å². The normalized spacial score (nSPS) is 10.4. The first kappa shape index (κ1) is 11.0. The van der Waals surface area contributed by atoms with Crippen LogP contribution in [0.4, 0.5) is 0 Å². The number of ketones is 1. The highest BCUT2D eigenvalue weighted by atomic mass is 35.5. The van der Waals surface area contributed by atoms with Crippen LogP contribution in [0.1, 0.15) is 17.4 Å². The fourth-order valence-electron chi connectivity index (χ4n) is 1.10. The van der Waals surface area contributed by atoms with Crippen molar-refractivity contribution in [1.82, 2.24) is 19.7 Å². The van der Waals surface area contributed by atoms with Crippen molar-refractivity contribution in [3.8, 4) is 5.95 Å². The molecule has 2 heterocycles. The second-order valence-corrected chi connectivity index (χ2v) is 3.79. The third-order valence-electron chi connectivity index (χ3n) is 1.81. The van der Waals surface area contributed by atoms with Gasteiger partial charge < -0.3 is 0 Å². The third-order valence-corrected chi connectivity index (χ3v) is 2.19. The van der Waals surface area contributed by atoms with Crippen LogP contribution < -0.4 is 0 Å². The molecule has 0 saturated heterocycles. The number of Topliss-reactive ketones (excluding diaryl/α,β-unsaturated/α-hetero) is 1. The van der Waals surface area contributed by atoms with Gasteiger partial charge in [0.1, 0.15) is 16.0 Å². The Labute approximate surface area is 101 Å². The summed E-state index contributed by atoms with van der Waals surface area (Å²) < 4.78 is 1.34. The van der Waals surface area contributed by atoms with Gasteiger partial charge in [0.2, 0.25) is 0 Å². The average molecular weight is 257 g/mol. The Morgan fingerprint density at radius 3 is 2.44 bits per heavy atom. The van der Waals surface area contributed by atoms with Crippen molar-refractivity contribution in [1.29, 1.82) is 0 Å². The van der Waals surface area contributed by atoms with E-state index in [0.717, 1.165) is 0 Å². The van der Waals surface area contributed by atoms with E-state index in [9.17, 15) is 4.79 Å². The minimum absolute atomic E-state index is 0.133. The maximum absolute atomic E-state index is 11.1. The van der Waals surface area contributed by atoms with Crippen LogP contribution in [0.25, 0.3) is 5.95 Å². The van der Waals surface area contributed by atoms with Crippen molar-refractivity contribution in [3.05, 3.63) is 34.3 Å². The van der Waals surface area contributed by atoms with Crippen LogP contribution in [0, 0.1) is 0 Å². The lowest BCUT2D eigenvalue weighted by Gasteiger charge is -1.99. The number of hydrogen-bond donors (Lipinski definition) is 0. The van der Waals surface area contributed by atoms with Crippen LogP contribution in [0.15, 0.2) is 18.3 Å². The van der Waals surface area contributed by atoms with Crippen molar-refractivity contribution in [2.24, 2.45) is 0 Å². The Kier molecular flexibility index (Phi) is 2.89. The number of carbonyl (C=O) groups excluding carboxylic acids is 1. The summed E-state index contributed by atoms with van der Waals surface area (Å²) in [5.41, 5.74) is 0.333. The number of halogens is 2. The SMILES string of the molecule is CC(=O)c1ccn(-c2nc(Cl)cc(Cl)n2)n1. The standard InChI is InChI=1S/C9H6Cl2N4O/c1-5(16)6-2-3-15(14-6)9-12-7(10)4-8(11)13-9/h2-4H,1H3. The van der Waals surface area contributed by atoms with E-state index in [1.54, 1.807) is 12.3 Å². The maximum Gasteiger partial charge on any atom is 0.253 e. The fraction of sp³-hybridized carbons (Fsp3) is 0.111. The predicted octanol–water partition coefficient (Wildman–Crippen LogP) is 2.17. The largest absolute Gasteiger partial charge is 0.293 e. The summed E-state index contributed by atoms with van der Waals surface area (Å²) in [6.07, 6.45) is 1.57. The summed E-state index contributed by atoms with van der Waals surface area (Å²) in [6.45, 7) is 1.43. The molecule has 0 aliphatic heterocycles. The molecule has 0 aliphatic carbocycles. The highest BCUT2D eigenvalue weighted by Crippen LogP contribution is 2.13. The minimum Gasteiger partial charge on any atom is -0.293 e. The van der Waals surface area contributed by atoms with Crippen LogP contribution in [0.2, 0.25) is 10.3 Å². The molecule has 7 heteroatoms. The van der Waals surface area contributed by atoms with Gasteiger partial charge in [0, 0.05) is 19.2 Å². The van der Waals surface area contributed by atoms with Gasteiger partial charge in [0.25, 0.3) is 5.95 Å². The van der Waals surface area contributed by atoms with Gasteiger partial charge in [0.15, 0.2) is 5.78 Å². The number of rotatable bonds is 2. The van der Waals surface area contributed by atoms with Crippen LogP contribution in [-0.4, -0.2) is 25.5 Å². The number of carbonyl (C=O) groups is 1. The summed E-state index contributed by atoms with van der Waals surface area (Å²) in [7, 11) is 0. The van der Waals surface area contributed by atoms with Crippen LogP contribution in [-0.2, 0) is 0 Å². The summed E-state index contributed by atoms with van der Waals surface area (Å²) >= 11 is 11.5. The van der Waals surface area contributed by atoms with Gasteiger partial charge in [-0.25, -0.2) is 4.68 Å². The molecule has 0 N–H and O–H groups in total. The quantitative estimate of drug-likeness (QED) is 0.611. The van der Waals surface area contributed by atoms with Crippen LogP contribution >= 0.6 is 23.2 Å². The van der Waals surface area contributed by atoms with E-state index in [2.05, 4.69) is 15.1 Å². The Balaban J connectivity index is 2.46. The zero-order valence-corrected chi connectivity index (χ0v) is 9.70. The molecule has 0 radical (unpaired) electrons. The zero-order chi connectivity index (χ0) is 11.7. The molecule has 0 aromatic carbocycles. The van der Waals surface area contributed by atoms with Crippen molar-refractivity contribution < 1.29 is 4.79 Å². The number of nitrogens with zero attached hydrogens (tertiary/aromatic N) is 4. The van der Waals surface area contributed by atoms with Gasteiger partial charge in [-0.3, -0.25) is 4.79 Å². The van der Waals surface area contributed by atoms with Gasteiger partial charge >= 0.3 is 0 Å². The first-order valence-electron chi connectivity index (χ1n) is 4.33. The molecule has 2 aromatic heterocycles. The van der Waals surface area contributed by atoms with E-state index in [0.29, 0.717) is 5.69 Å². The highest BCUT2D eigenvalue weighted by molar-refractivity contribution is 6.33. The van der Waals surface area contributed by atoms with E-state index < -0.39 is 0 Å². The summed E-state index contributed by atoms with van der Waals surface area (Å²) in [6, 6.07) is 2.99. The molecule has 0 saturated carbocycles. The molecule has 2 aromatic rings. The molecule has 0 atom stereocenters. The first-order chi connectivity index (χ1) is 7.56. The summed E-state index contributed by atoms with van der Waals surface area (Å²) in [5.74, 6) is 0.0943. The molecule has 0 spiro atoms. The maximum atomic E-state index is 11.1. The smallest absolute Gasteiger partial charge is 0.253 e. The Morgan fingerprint density at radius 2 is 1.94 bits per heavy atom. The van der Waals surface area contributed by atoms with Gasteiger partial charge in [-0.2, -0.15) is 15.1 Å². The molecule has 0 amide bonds. The van der Waals surface area contributed by atoms with Crippen LogP contribution in [0.3, 0.4) is 0 Å². The molecule has 5 nitrogen and oxygen atoms in total. The van der Waals surface area contributed by atoms with E-state index in [4.69, 9.17) is 23.2 Å². The second kappa shape index (κ2) is 4.19. The minimum atomic E-state index is -0.133. The van der Waals surface area contributed by atoms with Gasteiger partial charge in [-0.05, 0) is 6.07 Å². The lowest BCUT2D eigenvalue weighted by Crippen LogP contribution is -2.03. The van der Waals surface area contributed by atoms with Crippen molar-refractivity contribution in [3.63, 3.8) is 0 Å². The Bertz CT molecular complexity index is 532. The highest BCUT2D eigenvalue weighted by Gasteiger charge is 2.08. The van der Waals surface area contributed by atoms with E-state index in [-0.39, 0.29) is 22.0 Å². The lowest BCUT2D eigenvalue weighted by atomic mass is 10.3. The van der Waals surface area contributed by atoms with Crippen molar-refractivity contribution in [2.45, 2.75) is 6.92 Å². The van der Waals surface area contributed by atoms with Gasteiger partial charge in [0.05, 0.1) is 0 Å². The lowest BCUT2D eigenvalue weighted by molar-refractivity contribution is 0.101. The number of hydrogen-bond acceptors (Lipinski definition) is 4. The molecule has 16 heavy (non-hydrogen) atoms. The van der Waals surface area contributed by atoms with Crippen molar-refractivity contribution in [2.75, 3.05) is 0 Å². The zero-order valence-electron chi connectivity index (χ0n) is 8.19. The topological polar surface area (TPSA) is 60.7 Å². The molecule has 0 fully saturated rings. The first-order valence-corrected chi connectivity index (χ1v) is 5.09. The summed E-state index contributed by atoms with van der Waals surface area (Å²) in [5, 5.41) is 4.42. The summed E-state index contributed by atoms with van der Waals surface area (Å²) in [4.78, 5) is 18.9. The molecular formula is C9H6Cl2N4O. The van der Waals surface area contributed by atoms with E-state index >= 15 is 0 Å². The predicted molar refractivity (Wildman–Crippen MR) is 59.2 cm³/mol. The van der Waals surface area contributed by atoms with Crippen molar-refractivity contribution >= 4 is 29.0 Å². The molecule has 2 rings (SSSR count). The molecule has 0 unspecified atom stereocenters. The molecular weight excluding hydrogens is 251 g/mol.